The first-order chi connectivity index (χ1) is 7.35. The topological polar surface area (TPSA) is 29.1 Å². The third-order valence-electron chi connectivity index (χ3n) is 2.07. The molecule has 0 aromatic heterocycles. The first-order valence-electron chi connectivity index (χ1n) is 4.68. The Morgan fingerprint density at radius 3 is 2.25 bits per heavy atom. The zero-order chi connectivity index (χ0) is 12.3. The molecule has 0 bridgehead atoms. The molecule has 0 saturated carbocycles. The molecule has 0 aliphatic heterocycles. The first kappa shape index (κ1) is 12.9. The standard InChI is InChI=1S/C11H12ClF2NO/c1-11(2,6-12)10(16)15-9-4-7(13)3-8(14)5-9/h3-5H,6H2,1-2H3,(H,15,16). The van der Waals surface area contributed by atoms with Gasteiger partial charge in [-0.1, -0.05) is 0 Å². The molecule has 88 valence electrons. The quantitative estimate of drug-likeness (QED) is 0.817. The maximum atomic E-state index is 12.8. The fourth-order valence-electron chi connectivity index (χ4n) is 0.987. The minimum Gasteiger partial charge on any atom is -0.325 e. The molecule has 0 radical (unpaired) electrons. The number of halogens is 3. The highest BCUT2D eigenvalue weighted by atomic mass is 35.5. The molecule has 2 nitrogen and oxygen atoms in total. The van der Waals surface area contributed by atoms with Crippen molar-refractivity contribution in [2.45, 2.75) is 13.8 Å². The highest BCUT2D eigenvalue weighted by Gasteiger charge is 2.26. The van der Waals surface area contributed by atoms with Crippen LogP contribution in [-0.4, -0.2) is 11.8 Å². The molecular weight excluding hydrogens is 236 g/mol. The van der Waals surface area contributed by atoms with Crippen molar-refractivity contribution < 1.29 is 13.6 Å². The van der Waals surface area contributed by atoms with E-state index in [-0.39, 0.29) is 17.5 Å². The summed E-state index contributed by atoms with van der Waals surface area (Å²) in [6, 6.07) is 2.83. The lowest BCUT2D eigenvalue weighted by atomic mass is 9.95. The normalized spacial score (nSPS) is 11.3. The predicted octanol–water partition coefficient (Wildman–Crippen LogP) is 3.17. The number of carbonyl (C=O) groups is 1. The molecule has 0 saturated heterocycles. The van der Waals surface area contributed by atoms with Gasteiger partial charge in [0.15, 0.2) is 0 Å². The van der Waals surface area contributed by atoms with E-state index in [9.17, 15) is 13.6 Å². The summed E-state index contributed by atoms with van der Waals surface area (Å²) < 4.78 is 25.7. The van der Waals surface area contributed by atoms with Crippen molar-refractivity contribution in [1.82, 2.24) is 0 Å². The van der Waals surface area contributed by atoms with E-state index in [1.165, 1.54) is 0 Å². The molecule has 0 atom stereocenters. The number of benzene rings is 1. The molecule has 0 fully saturated rings. The van der Waals surface area contributed by atoms with Crippen molar-refractivity contribution in [3.63, 3.8) is 0 Å². The lowest BCUT2D eigenvalue weighted by Crippen LogP contribution is -2.32. The van der Waals surface area contributed by atoms with Crippen LogP contribution in [0.15, 0.2) is 18.2 Å². The van der Waals surface area contributed by atoms with E-state index in [0.29, 0.717) is 0 Å². The summed E-state index contributed by atoms with van der Waals surface area (Å²) in [7, 11) is 0. The van der Waals surface area contributed by atoms with Crippen LogP contribution < -0.4 is 5.32 Å². The SMILES string of the molecule is CC(C)(CCl)C(=O)Nc1cc(F)cc(F)c1. The Balaban J connectivity index is 2.85. The van der Waals surface area contributed by atoms with Crippen molar-refractivity contribution >= 4 is 23.2 Å². The van der Waals surface area contributed by atoms with E-state index in [2.05, 4.69) is 5.32 Å². The summed E-state index contributed by atoms with van der Waals surface area (Å²) in [6.07, 6.45) is 0. The summed E-state index contributed by atoms with van der Waals surface area (Å²) in [4.78, 5) is 11.6. The average Bonchev–Trinajstić information content (AvgIpc) is 2.15. The van der Waals surface area contributed by atoms with Gasteiger partial charge in [-0.15, -0.1) is 11.6 Å². The molecular formula is C11H12ClF2NO. The van der Waals surface area contributed by atoms with Crippen LogP contribution in [0.5, 0.6) is 0 Å². The Bertz CT molecular complexity index is 387. The van der Waals surface area contributed by atoms with Gasteiger partial charge in [0, 0.05) is 17.6 Å². The van der Waals surface area contributed by atoms with Crippen molar-refractivity contribution in [3.05, 3.63) is 29.8 Å². The van der Waals surface area contributed by atoms with E-state index < -0.39 is 17.0 Å². The minimum atomic E-state index is -0.787. The highest BCUT2D eigenvalue weighted by molar-refractivity contribution is 6.20. The lowest BCUT2D eigenvalue weighted by molar-refractivity contribution is -0.122. The fourth-order valence-corrected chi connectivity index (χ4v) is 1.11. The van der Waals surface area contributed by atoms with Crippen molar-refractivity contribution in [3.8, 4) is 0 Å². The van der Waals surface area contributed by atoms with E-state index in [4.69, 9.17) is 11.6 Å². The van der Waals surface area contributed by atoms with Gasteiger partial charge in [-0.05, 0) is 26.0 Å². The van der Waals surface area contributed by atoms with Gasteiger partial charge in [-0.3, -0.25) is 4.79 Å². The second-order valence-electron chi connectivity index (χ2n) is 4.13. The van der Waals surface area contributed by atoms with Gasteiger partial charge in [-0.2, -0.15) is 0 Å². The van der Waals surface area contributed by atoms with E-state index >= 15 is 0 Å². The summed E-state index contributed by atoms with van der Waals surface area (Å²) in [5.41, 5.74) is -0.703. The molecule has 0 aliphatic rings. The van der Waals surface area contributed by atoms with E-state index in [1.54, 1.807) is 13.8 Å². The van der Waals surface area contributed by atoms with E-state index in [0.717, 1.165) is 18.2 Å². The number of rotatable bonds is 3. The van der Waals surface area contributed by atoms with Gasteiger partial charge < -0.3 is 5.32 Å². The third kappa shape index (κ3) is 3.17. The number of amides is 1. The molecule has 0 aliphatic carbocycles. The van der Waals surface area contributed by atoms with Gasteiger partial charge in [0.25, 0.3) is 0 Å². The predicted molar refractivity (Wildman–Crippen MR) is 59.5 cm³/mol. The lowest BCUT2D eigenvalue weighted by Gasteiger charge is -2.20. The van der Waals surface area contributed by atoms with E-state index in [1.807, 2.05) is 0 Å². The van der Waals surface area contributed by atoms with Crippen LogP contribution in [0.25, 0.3) is 0 Å². The molecule has 1 aromatic carbocycles. The van der Waals surface area contributed by atoms with Gasteiger partial charge in [0.1, 0.15) is 11.6 Å². The number of hydrogen-bond donors (Lipinski definition) is 1. The van der Waals surface area contributed by atoms with Crippen LogP contribution in [0.3, 0.4) is 0 Å². The van der Waals surface area contributed by atoms with Crippen LogP contribution in [0.2, 0.25) is 0 Å². The second kappa shape index (κ2) is 4.78. The van der Waals surface area contributed by atoms with Gasteiger partial charge >= 0.3 is 0 Å². The number of carbonyl (C=O) groups excluding carboxylic acids is 1. The summed E-state index contributed by atoms with van der Waals surface area (Å²) >= 11 is 5.61. The Kier molecular flexibility index (Phi) is 3.86. The number of nitrogens with one attached hydrogen (secondary N) is 1. The Labute approximate surface area is 97.6 Å². The zero-order valence-corrected chi connectivity index (χ0v) is 9.74. The Morgan fingerprint density at radius 2 is 1.81 bits per heavy atom. The molecule has 1 aromatic rings. The summed E-state index contributed by atoms with van der Waals surface area (Å²) in [5, 5.41) is 2.41. The first-order valence-corrected chi connectivity index (χ1v) is 5.22. The third-order valence-corrected chi connectivity index (χ3v) is 2.74. The molecule has 0 spiro atoms. The van der Waals surface area contributed by atoms with Crippen LogP contribution >= 0.6 is 11.6 Å². The smallest absolute Gasteiger partial charge is 0.231 e. The summed E-state index contributed by atoms with van der Waals surface area (Å²) in [5.74, 6) is -1.73. The maximum absolute atomic E-state index is 12.8. The maximum Gasteiger partial charge on any atom is 0.231 e. The largest absolute Gasteiger partial charge is 0.325 e. The highest BCUT2D eigenvalue weighted by Crippen LogP contribution is 2.21. The second-order valence-corrected chi connectivity index (χ2v) is 4.40. The summed E-state index contributed by atoms with van der Waals surface area (Å²) in [6.45, 7) is 3.29. The van der Waals surface area contributed by atoms with Crippen LogP contribution in [0.1, 0.15) is 13.8 Å². The molecule has 1 amide bonds. The number of anilines is 1. The zero-order valence-electron chi connectivity index (χ0n) is 8.98. The van der Waals surface area contributed by atoms with Crippen LogP contribution in [0, 0.1) is 17.0 Å². The van der Waals surface area contributed by atoms with Gasteiger partial charge in [-0.25, -0.2) is 8.78 Å². The fraction of sp³-hybridized carbons (Fsp3) is 0.364. The number of hydrogen-bond acceptors (Lipinski definition) is 1. The molecule has 5 heteroatoms. The molecule has 0 unspecified atom stereocenters. The molecule has 0 heterocycles. The van der Waals surface area contributed by atoms with Gasteiger partial charge in [0.2, 0.25) is 5.91 Å². The van der Waals surface area contributed by atoms with Crippen molar-refractivity contribution in [1.29, 1.82) is 0 Å². The van der Waals surface area contributed by atoms with Gasteiger partial charge in [0.05, 0.1) is 5.41 Å². The monoisotopic (exact) mass is 247 g/mol. The van der Waals surface area contributed by atoms with Crippen LogP contribution in [0.4, 0.5) is 14.5 Å². The minimum absolute atomic E-state index is 0.0840. The van der Waals surface area contributed by atoms with Crippen LogP contribution in [-0.2, 0) is 4.79 Å². The molecule has 1 N–H and O–H groups in total. The molecule has 16 heavy (non-hydrogen) atoms. The Morgan fingerprint density at radius 1 is 1.31 bits per heavy atom. The van der Waals surface area contributed by atoms with Crippen molar-refractivity contribution in [2.24, 2.45) is 5.41 Å². The van der Waals surface area contributed by atoms with Crippen molar-refractivity contribution in [2.75, 3.05) is 11.2 Å². The Hall–Kier alpha value is -1.16. The number of alkyl halides is 1. The molecule has 1 rings (SSSR count). The average molecular weight is 248 g/mol.